The van der Waals surface area contributed by atoms with Gasteiger partial charge in [0.1, 0.15) is 5.01 Å². The van der Waals surface area contributed by atoms with Crippen molar-refractivity contribution in [2.24, 2.45) is 5.92 Å². The number of piperidine rings is 1. The monoisotopic (exact) mass is 392 g/mol. The van der Waals surface area contributed by atoms with Crippen LogP contribution in [0.3, 0.4) is 0 Å². The van der Waals surface area contributed by atoms with Crippen molar-refractivity contribution in [1.29, 1.82) is 0 Å². The Morgan fingerprint density at radius 2 is 2.04 bits per heavy atom. The predicted octanol–water partition coefficient (Wildman–Crippen LogP) is 4.47. The molecule has 1 saturated carbocycles. The van der Waals surface area contributed by atoms with Gasteiger partial charge in [0.15, 0.2) is 0 Å². The third kappa shape index (κ3) is 4.42. The van der Waals surface area contributed by atoms with Crippen LogP contribution in [0.5, 0.6) is 0 Å². The Kier molecular flexibility index (Phi) is 5.81. The molecule has 4 rings (SSSR count). The van der Waals surface area contributed by atoms with Gasteiger partial charge in [-0.05, 0) is 43.0 Å². The smallest absolute Gasteiger partial charge is 0.323 e. The lowest BCUT2D eigenvalue weighted by Gasteiger charge is -2.32. The second-order valence-corrected chi connectivity index (χ2v) is 8.78. The van der Waals surface area contributed by atoms with E-state index in [4.69, 9.17) is 4.74 Å². The number of hydrogen-bond donors (Lipinski definition) is 1. The van der Waals surface area contributed by atoms with Crippen LogP contribution >= 0.6 is 22.7 Å². The summed E-state index contributed by atoms with van der Waals surface area (Å²) >= 11 is 3.03. The van der Waals surface area contributed by atoms with Crippen molar-refractivity contribution in [3.63, 3.8) is 0 Å². The number of aromatic nitrogens is 2. The fourth-order valence-electron chi connectivity index (χ4n) is 3.62. The van der Waals surface area contributed by atoms with E-state index in [1.165, 1.54) is 37.0 Å². The molecule has 0 bridgehead atoms. The number of hydrogen-bond acceptors (Lipinski definition) is 6. The first-order chi connectivity index (χ1) is 12.8. The minimum absolute atomic E-state index is 0.0905. The number of anilines is 1. The highest BCUT2D eigenvalue weighted by molar-refractivity contribution is 7.19. The van der Waals surface area contributed by atoms with Crippen molar-refractivity contribution >= 4 is 33.8 Å². The number of ether oxygens (including phenoxy) is 1. The van der Waals surface area contributed by atoms with E-state index in [0.29, 0.717) is 11.2 Å². The van der Waals surface area contributed by atoms with E-state index in [1.807, 2.05) is 21.7 Å². The first-order valence-corrected chi connectivity index (χ1v) is 11.1. The number of thiophene rings is 1. The molecule has 6 nitrogen and oxygen atoms in total. The van der Waals surface area contributed by atoms with Gasteiger partial charge in [-0.15, -0.1) is 10.2 Å². The molecule has 2 aromatic rings. The highest BCUT2D eigenvalue weighted by Gasteiger charge is 2.25. The predicted molar refractivity (Wildman–Crippen MR) is 105 cm³/mol. The molecular weight excluding hydrogens is 368 g/mol. The molecule has 0 spiro atoms. The van der Waals surface area contributed by atoms with E-state index in [-0.39, 0.29) is 6.03 Å². The second kappa shape index (κ2) is 8.45. The number of urea groups is 1. The molecule has 1 aliphatic carbocycles. The summed E-state index contributed by atoms with van der Waals surface area (Å²) in [5.41, 5.74) is 1.05. The topological polar surface area (TPSA) is 67.4 Å². The van der Waals surface area contributed by atoms with Crippen LogP contribution in [0.15, 0.2) is 16.8 Å². The number of rotatable bonds is 5. The lowest BCUT2D eigenvalue weighted by Crippen LogP contribution is -2.43. The lowest BCUT2D eigenvalue weighted by molar-refractivity contribution is -0.00115. The Labute approximate surface area is 161 Å². The van der Waals surface area contributed by atoms with Crippen LogP contribution in [0.2, 0.25) is 0 Å². The summed E-state index contributed by atoms with van der Waals surface area (Å²) in [5, 5.41) is 16.5. The molecule has 0 aromatic carbocycles. The van der Waals surface area contributed by atoms with E-state index in [9.17, 15) is 4.79 Å². The van der Waals surface area contributed by atoms with Crippen LogP contribution < -0.4 is 5.32 Å². The Morgan fingerprint density at radius 3 is 2.77 bits per heavy atom. The fraction of sp³-hybridized carbons (Fsp3) is 0.611. The molecule has 1 saturated heterocycles. The van der Waals surface area contributed by atoms with Crippen molar-refractivity contribution in [2.75, 3.05) is 25.0 Å². The summed E-state index contributed by atoms with van der Waals surface area (Å²) in [6, 6.07) is 1.92. The summed E-state index contributed by atoms with van der Waals surface area (Å²) in [6.45, 7) is 2.36. The molecule has 2 amide bonds. The Balaban J connectivity index is 1.22. The van der Waals surface area contributed by atoms with Gasteiger partial charge in [-0.1, -0.05) is 24.2 Å². The summed E-state index contributed by atoms with van der Waals surface area (Å²) in [7, 11) is 0. The largest absolute Gasteiger partial charge is 0.378 e. The van der Waals surface area contributed by atoms with Gasteiger partial charge in [0, 0.05) is 30.6 Å². The first kappa shape index (κ1) is 17.9. The number of carbonyl (C=O) groups is 1. The zero-order chi connectivity index (χ0) is 17.8. The SMILES string of the molecule is O=C(Nc1nnc(-c2ccsc2)s1)N1CCC(OCC2CCCC2)CC1. The summed E-state index contributed by atoms with van der Waals surface area (Å²) in [6.07, 6.45) is 7.46. The highest BCUT2D eigenvalue weighted by Crippen LogP contribution is 2.28. The molecular formula is C18H24N4O2S2. The average molecular weight is 393 g/mol. The fourth-order valence-corrected chi connectivity index (χ4v) is 5.07. The average Bonchev–Trinajstić information content (AvgIpc) is 3.41. The third-order valence-corrected chi connectivity index (χ3v) is 6.75. The van der Waals surface area contributed by atoms with Crippen LogP contribution in [-0.2, 0) is 4.74 Å². The maximum absolute atomic E-state index is 12.5. The molecule has 1 N–H and O–H groups in total. The molecule has 2 aliphatic rings. The maximum Gasteiger partial charge on any atom is 0.323 e. The van der Waals surface area contributed by atoms with Crippen LogP contribution in [-0.4, -0.2) is 46.9 Å². The number of likely N-dealkylation sites (tertiary alicyclic amines) is 1. The Bertz CT molecular complexity index is 705. The minimum atomic E-state index is -0.0905. The van der Waals surface area contributed by atoms with Gasteiger partial charge in [-0.2, -0.15) is 11.3 Å². The van der Waals surface area contributed by atoms with Crippen molar-refractivity contribution < 1.29 is 9.53 Å². The zero-order valence-corrected chi connectivity index (χ0v) is 16.4. The van der Waals surface area contributed by atoms with Crippen LogP contribution in [0.25, 0.3) is 10.6 Å². The van der Waals surface area contributed by atoms with Crippen molar-refractivity contribution in [1.82, 2.24) is 15.1 Å². The molecule has 2 aromatic heterocycles. The van der Waals surface area contributed by atoms with Gasteiger partial charge in [0.05, 0.1) is 6.10 Å². The molecule has 0 radical (unpaired) electrons. The minimum Gasteiger partial charge on any atom is -0.378 e. The summed E-state index contributed by atoms with van der Waals surface area (Å²) in [4.78, 5) is 14.3. The van der Waals surface area contributed by atoms with Crippen molar-refractivity contribution in [3.8, 4) is 10.6 Å². The second-order valence-electron chi connectivity index (χ2n) is 7.02. The van der Waals surface area contributed by atoms with E-state index < -0.39 is 0 Å². The maximum atomic E-state index is 12.5. The lowest BCUT2D eigenvalue weighted by atomic mass is 10.1. The van der Waals surface area contributed by atoms with Gasteiger partial charge in [0.25, 0.3) is 0 Å². The molecule has 140 valence electrons. The quantitative estimate of drug-likeness (QED) is 0.815. The van der Waals surface area contributed by atoms with Crippen LogP contribution in [0, 0.1) is 5.92 Å². The molecule has 1 aliphatic heterocycles. The molecule has 2 fully saturated rings. The molecule has 3 heterocycles. The number of nitrogens with zero attached hydrogens (tertiary/aromatic N) is 3. The molecule has 26 heavy (non-hydrogen) atoms. The van der Waals surface area contributed by atoms with E-state index >= 15 is 0 Å². The van der Waals surface area contributed by atoms with E-state index in [0.717, 1.165) is 49.0 Å². The third-order valence-electron chi connectivity index (χ3n) is 5.18. The van der Waals surface area contributed by atoms with Gasteiger partial charge in [0.2, 0.25) is 5.13 Å². The molecule has 0 atom stereocenters. The summed E-state index contributed by atoms with van der Waals surface area (Å²) < 4.78 is 6.08. The van der Waals surface area contributed by atoms with E-state index in [1.54, 1.807) is 11.3 Å². The number of amides is 2. The standard InChI is InChI=1S/C18H24N4O2S2/c23-18(19-17-21-20-16(26-17)14-7-10-25-12-14)22-8-5-15(6-9-22)24-11-13-3-1-2-4-13/h7,10,12-13,15H,1-6,8-9,11H2,(H,19,21,23). The summed E-state index contributed by atoms with van der Waals surface area (Å²) in [5.74, 6) is 0.756. The highest BCUT2D eigenvalue weighted by atomic mass is 32.1. The van der Waals surface area contributed by atoms with Gasteiger partial charge in [-0.3, -0.25) is 5.32 Å². The van der Waals surface area contributed by atoms with Gasteiger partial charge < -0.3 is 9.64 Å². The van der Waals surface area contributed by atoms with Gasteiger partial charge in [-0.25, -0.2) is 4.79 Å². The zero-order valence-electron chi connectivity index (χ0n) is 14.7. The van der Waals surface area contributed by atoms with Crippen LogP contribution in [0.4, 0.5) is 9.93 Å². The number of carbonyl (C=O) groups excluding carboxylic acids is 1. The Hall–Kier alpha value is -1.51. The van der Waals surface area contributed by atoms with Crippen molar-refractivity contribution in [2.45, 2.75) is 44.6 Å². The van der Waals surface area contributed by atoms with E-state index in [2.05, 4.69) is 15.5 Å². The van der Waals surface area contributed by atoms with Crippen LogP contribution in [0.1, 0.15) is 38.5 Å². The normalized spacial score (nSPS) is 19.2. The number of nitrogens with one attached hydrogen (secondary N) is 1. The van der Waals surface area contributed by atoms with Crippen molar-refractivity contribution in [3.05, 3.63) is 16.8 Å². The molecule has 8 heteroatoms. The molecule has 0 unspecified atom stereocenters. The first-order valence-electron chi connectivity index (χ1n) is 9.31. The van der Waals surface area contributed by atoms with Gasteiger partial charge >= 0.3 is 6.03 Å². The Morgan fingerprint density at radius 1 is 1.23 bits per heavy atom.